The van der Waals surface area contributed by atoms with Gasteiger partial charge in [0.05, 0.1) is 6.61 Å². The molecule has 0 aromatic rings. The Bertz CT molecular complexity index is 230. The smallest absolute Gasteiger partial charge is 0.223 e. The third kappa shape index (κ3) is 2.71. The molecule has 0 atom stereocenters. The molecule has 0 radical (unpaired) electrons. The number of amides is 1. The van der Waals surface area contributed by atoms with Crippen LogP contribution in [-0.2, 0) is 4.79 Å². The standard InChI is InChI=1S/C12H21NO2/c14-9-12(6-2-1-3-7-12)8-13-11(15)10-4-5-10/h10,14H,1-9H2,(H,13,15). The van der Waals surface area contributed by atoms with Crippen molar-refractivity contribution in [2.24, 2.45) is 11.3 Å². The lowest BCUT2D eigenvalue weighted by Gasteiger charge is -2.35. The highest BCUT2D eigenvalue weighted by molar-refractivity contribution is 5.80. The van der Waals surface area contributed by atoms with E-state index in [1.807, 2.05) is 0 Å². The summed E-state index contributed by atoms with van der Waals surface area (Å²) in [4.78, 5) is 11.5. The zero-order chi connectivity index (χ0) is 10.7. The third-order valence-electron chi connectivity index (χ3n) is 3.84. The van der Waals surface area contributed by atoms with E-state index in [2.05, 4.69) is 5.32 Å². The normalized spacial score (nSPS) is 24.9. The Hall–Kier alpha value is -0.570. The van der Waals surface area contributed by atoms with E-state index in [0.717, 1.165) is 25.7 Å². The molecule has 15 heavy (non-hydrogen) atoms. The van der Waals surface area contributed by atoms with Crippen molar-refractivity contribution in [3.63, 3.8) is 0 Å². The van der Waals surface area contributed by atoms with Crippen LogP contribution in [0.2, 0.25) is 0 Å². The Morgan fingerprint density at radius 2 is 1.93 bits per heavy atom. The first-order valence-electron chi connectivity index (χ1n) is 6.14. The molecule has 2 fully saturated rings. The Balaban J connectivity index is 1.80. The first-order valence-corrected chi connectivity index (χ1v) is 6.14. The van der Waals surface area contributed by atoms with Gasteiger partial charge in [-0.1, -0.05) is 19.3 Å². The van der Waals surface area contributed by atoms with Gasteiger partial charge >= 0.3 is 0 Å². The molecule has 0 unspecified atom stereocenters. The number of aliphatic hydroxyl groups excluding tert-OH is 1. The molecule has 3 nitrogen and oxygen atoms in total. The Morgan fingerprint density at radius 3 is 2.47 bits per heavy atom. The van der Waals surface area contributed by atoms with E-state index in [4.69, 9.17) is 0 Å². The average molecular weight is 211 g/mol. The van der Waals surface area contributed by atoms with Crippen molar-refractivity contribution in [1.29, 1.82) is 0 Å². The zero-order valence-corrected chi connectivity index (χ0v) is 9.30. The van der Waals surface area contributed by atoms with Crippen molar-refractivity contribution in [3.8, 4) is 0 Å². The zero-order valence-electron chi connectivity index (χ0n) is 9.30. The molecule has 0 aliphatic heterocycles. The van der Waals surface area contributed by atoms with Gasteiger partial charge in [0.15, 0.2) is 0 Å². The van der Waals surface area contributed by atoms with Gasteiger partial charge in [-0.25, -0.2) is 0 Å². The second kappa shape index (κ2) is 4.52. The summed E-state index contributed by atoms with van der Waals surface area (Å²) in [5.41, 5.74) is -0.0111. The molecule has 1 amide bonds. The SMILES string of the molecule is O=C(NCC1(CO)CCCCC1)C1CC1. The molecule has 0 aromatic heterocycles. The second-order valence-corrected chi connectivity index (χ2v) is 5.21. The summed E-state index contributed by atoms with van der Waals surface area (Å²) in [5.74, 6) is 0.484. The number of aliphatic hydroxyl groups is 1. The van der Waals surface area contributed by atoms with Gasteiger partial charge in [0.2, 0.25) is 5.91 Å². The summed E-state index contributed by atoms with van der Waals surface area (Å²) in [6.45, 7) is 0.900. The molecule has 0 spiro atoms. The molecule has 2 aliphatic rings. The van der Waals surface area contributed by atoms with Gasteiger partial charge in [0, 0.05) is 17.9 Å². The fourth-order valence-electron chi connectivity index (χ4n) is 2.46. The fourth-order valence-corrected chi connectivity index (χ4v) is 2.46. The quantitative estimate of drug-likeness (QED) is 0.739. The van der Waals surface area contributed by atoms with Crippen molar-refractivity contribution in [3.05, 3.63) is 0 Å². The van der Waals surface area contributed by atoms with Crippen LogP contribution < -0.4 is 5.32 Å². The van der Waals surface area contributed by atoms with Gasteiger partial charge in [-0.2, -0.15) is 0 Å². The highest BCUT2D eigenvalue weighted by Crippen LogP contribution is 2.36. The number of carbonyl (C=O) groups is 1. The summed E-state index contributed by atoms with van der Waals surface area (Å²) in [7, 11) is 0. The average Bonchev–Trinajstić information content (AvgIpc) is 3.11. The molecule has 86 valence electrons. The van der Waals surface area contributed by atoms with Crippen LogP contribution in [0.15, 0.2) is 0 Å². The Kier molecular flexibility index (Phi) is 3.29. The van der Waals surface area contributed by atoms with Gasteiger partial charge < -0.3 is 10.4 Å². The van der Waals surface area contributed by atoms with Gasteiger partial charge in [0.1, 0.15) is 0 Å². The minimum atomic E-state index is -0.0111. The molecule has 0 bridgehead atoms. The van der Waals surface area contributed by atoms with Crippen LogP contribution in [0.5, 0.6) is 0 Å². The van der Waals surface area contributed by atoms with Gasteiger partial charge in [0.25, 0.3) is 0 Å². The van der Waals surface area contributed by atoms with Crippen LogP contribution in [0.3, 0.4) is 0 Å². The van der Waals surface area contributed by atoms with E-state index in [-0.39, 0.29) is 23.8 Å². The Morgan fingerprint density at radius 1 is 1.27 bits per heavy atom. The molecule has 2 aliphatic carbocycles. The van der Waals surface area contributed by atoms with Crippen molar-refractivity contribution in [2.45, 2.75) is 44.9 Å². The number of hydrogen-bond donors (Lipinski definition) is 2. The Labute approximate surface area is 91.2 Å². The lowest BCUT2D eigenvalue weighted by molar-refractivity contribution is -0.123. The summed E-state index contributed by atoms with van der Waals surface area (Å²) >= 11 is 0. The lowest BCUT2D eigenvalue weighted by atomic mass is 9.74. The van der Waals surface area contributed by atoms with Crippen molar-refractivity contribution in [2.75, 3.05) is 13.2 Å². The van der Waals surface area contributed by atoms with E-state index in [9.17, 15) is 9.90 Å². The van der Waals surface area contributed by atoms with E-state index in [0.29, 0.717) is 6.54 Å². The predicted molar refractivity (Wildman–Crippen MR) is 58.3 cm³/mol. The molecule has 3 heteroatoms. The van der Waals surface area contributed by atoms with E-state index in [1.165, 1.54) is 19.3 Å². The van der Waals surface area contributed by atoms with Crippen molar-refractivity contribution in [1.82, 2.24) is 5.32 Å². The summed E-state index contributed by atoms with van der Waals surface area (Å²) in [6.07, 6.45) is 7.90. The first-order chi connectivity index (χ1) is 7.26. The maximum atomic E-state index is 11.5. The van der Waals surface area contributed by atoms with Gasteiger partial charge in [-0.3, -0.25) is 4.79 Å². The van der Waals surface area contributed by atoms with Crippen LogP contribution in [0.25, 0.3) is 0 Å². The van der Waals surface area contributed by atoms with Crippen LogP contribution in [0.4, 0.5) is 0 Å². The molecule has 2 N–H and O–H groups in total. The molecular formula is C12H21NO2. The minimum Gasteiger partial charge on any atom is -0.396 e. The maximum Gasteiger partial charge on any atom is 0.223 e. The topological polar surface area (TPSA) is 49.3 Å². The first kappa shape index (κ1) is 10.9. The summed E-state index contributed by atoms with van der Waals surface area (Å²) in [5, 5.41) is 12.5. The van der Waals surface area contributed by atoms with Crippen molar-refractivity contribution >= 4 is 5.91 Å². The van der Waals surface area contributed by atoms with Crippen LogP contribution >= 0.6 is 0 Å². The van der Waals surface area contributed by atoms with Crippen LogP contribution in [0.1, 0.15) is 44.9 Å². The fraction of sp³-hybridized carbons (Fsp3) is 0.917. The maximum absolute atomic E-state index is 11.5. The molecule has 0 saturated heterocycles. The van der Waals surface area contributed by atoms with Crippen LogP contribution in [0, 0.1) is 11.3 Å². The van der Waals surface area contributed by atoms with E-state index < -0.39 is 0 Å². The number of rotatable bonds is 4. The summed E-state index contributed by atoms with van der Waals surface area (Å²) < 4.78 is 0. The number of hydrogen-bond acceptors (Lipinski definition) is 2. The van der Waals surface area contributed by atoms with Crippen molar-refractivity contribution < 1.29 is 9.90 Å². The lowest BCUT2D eigenvalue weighted by Crippen LogP contribution is -2.41. The molecule has 0 aromatic carbocycles. The molecule has 0 heterocycles. The highest BCUT2D eigenvalue weighted by atomic mass is 16.3. The number of nitrogens with one attached hydrogen (secondary N) is 1. The third-order valence-corrected chi connectivity index (χ3v) is 3.84. The number of carbonyl (C=O) groups excluding carboxylic acids is 1. The predicted octanol–water partition coefficient (Wildman–Crippen LogP) is 1.46. The monoisotopic (exact) mass is 211 g/mol. The summed E-state index contributed by atoms with van der Waals surface area (Å²) in [6, 6.07) is 0. The minimum absolute atomic E-state index is 0.0111. The molecule has 2 saturated carbocycles. The second-order valence-electron chi connectivity index (χ2n) is 5.21. The highest BCUT2D eigenvalue weighted by Gasteiger charge is 2.34. The van der Waals surface area contributed by atoms with E-state index >= 15 is 0 Å². The molecular weight excluding hydrogens is 190 g/mol. The largest absolute Gasteiger partial charge is 0.396 e. The van der Waals surface area contributed by atoms with Crippen LogP contribution in [-0.4, -0.2) is 24.2 Å². The van der Waals surface area contributed by atoms with Gasteiger partial charge in [-0.05, 0) is 25.7 Å². The van der Waals surface area contributed by atoms with E-state index in [1.54, 1.807) is 0 Å². The van der Waals surface area contributed by atoms with Gasteiger partial charge in [-0.15, -0.1) is 0 Å². The molecule has 2 rings (SSSR count).